The molecule has 0 bridgehead atoms. The first-order chi connectivity index (χ1) is 23.5. The van der Waals surface area contributed by atoms with Crippen molar-refractivity contribution in [2.24, 2.45) is 0 Å². The third-order valence-electron chi connectivity index (χ3n) is 9.56. The average molecular weight is 654 g/mol. The maximum absolute atomic E-state index is 5.92. The van der Waals surface area contributed by atoms with Crippen molar-refractivity contribution in [1.82, 2.24) is 4.57 Å². The Labute approximate surface area is 291 Å². The van der Waals surface area contributed by atoms with Crippen LogP contribution in [0.1, 0.15) is 57.2 Å². The monoisotopic (exact) mass is 653 g/mol. The standard InChI is InChI=1S/C42H47N5S/c1-6-45(7-2)33-23-20-30(21-24-33)41(31-22-27-40-37(28-31)35-18-14-15-19-39(35)47(40)10-5)36-26-25-34(46(8-3)9-4)29-38(36)44-42(48)43-32-16-12-11-13-17-32/h11-29,41H,6-10H2,1-5H3,(H2,43,44,48). The zero-order valence-electron chi connectivity index (χ0n) is 28.8. The lowest BCUT2D eigenvalue weighted by molar-refractivity contribution is 0.827. The fourth-order valence-electron chi connectivity index (χ4n) is 7.11. The molecule has 1 aromatic heterocycles. The summed E-state index contributed by atoms with van der Waals surface area (Å²) >= 11 is 5.92. The van der Waals surface area contributed by atoms with Crippen LogP contribution in [0.5, 0.6) is 0 Å². The van der Waals surface area contributed by atoms with Crippen LogP contribution < -0.4 is 20.4 Å². The van der Waals surface area contributed by atoms with Crippen molar-refractivity contribution in [2.45, 2.75) is 47.1 Å². The molecule has 1 unspecified atom stereocenters. The molecule has 6 heteroatoms. The first-order valence-corrected chi connectivity index (χ1v) is 17.8. The molecule has 0 spiro atoms. The summed E-state index contributed by atoms with van der Waals surface area (Å²) in [4.78, 5) is 4.77. The Kier molecular flexibility index (Phi) is 10.3. The summed E-state index contributed by atoms with van der Waals surface area (Å²) in [5.41, 5.74) is 10.6. The third-order valence-corrected chi connectivity index (χ3v) is 9.76. The summed E-state index contributed by atoms with van der Waals surface area (Å²) in [6.45, 7) is 15.8. The second-order valence-corrected chi connectivity index (χ2v) is 12.5. The number of aromatic nitrogens is 1. The number of nitrogens with one attached hydrogen (secondary N) is 2. The number of anilines is 4. The molecule has 0 fully saturated rings. The van der Waals surface area contributed by atoms with Gasteiger partial charge in [-0.15, -0.1) is 0 Å². The molecule has 48 heavy (non-hydrogen) atoms. The highest BCUT2D eigenvalue weighted by Crippen LogP contribution is 2.41. The quantitative estimate of drug-likeness (QED) is 0.102. The zero-order chi connectivity index (χ0) is 33.6. The van der Waals surface area contributed by atoms with Crippen molar-refractivity contribution < 1.29 is 0 Å². The lowest BCUT2D eigenvalue weighted by atomic mass is 9.83. The summed E-state index contributed by atoms with van der Waals surface area (Å²) in [6.07, 6.45) is 0. The van der Waals surface area contributed by atoms with Crippen molar-refractivity contribution in [1.29, 1.82) is 0 Å². The minimum absolute atomic E-state index is 0.0309. The molecule has 5 nitrogen and oxygen atoms in total. The van der Waals surface area contributed by atoms with E-state index >= 15 is 0 Å². The lowest BCUT2D eigenvalue weighted by Gasteiger charge is -2.27. The van der Waals surface area contributed by atoms with Gasteiger partial charge in [0, 0.05) is 83.2 Å². The van der Waals surface area contributed by atoms with Gasteiger partial charge in [-0.3, -0.25) is 0 Å². The topological polar surface area (TPSA) is 35.5 Å². The van der Waals surface area contributed by atoms with Crippen LogP contribution >= 0.6 is 12.2 Å². The molecule has 0 aliphatic heterocycles. The van der Waals surface area contributed by atoms with Crippen molar-refractivity contribution in [3.05, 3.63) is 132 Å². The van der Waals surface area contributed by atoms with Crippen LogP contribution in [0.15, 0.2) is 115 Å². The lowest BCUT2D eigenvalue weighted by Crippen LogP contribution is -2.24. The van der Waals surface area contributed by atoms with Gasteiger partial charge in [0.15, 0.2) is 5.11 Å². The van der Waals surface area contributed by atoms with Gasteiger partial charge in [0.1, 0.15) is 0 Å². The highest BCUT2D eigenvalue weighted by molar-refractivity contribution is 7.80. The highest BCUT2D eigenvalue weighted by Gasteiger charge is 2.23. The summed E-state index contributed by atoms with van der Waals surface area (Å²) < 4.78 is 2.42. The molecule has 2 N–H and O–H groups in total. The van der Waals surface area contributed by atoms with Crippen molar-refractivity contribution >= 4 is 61.9 Å². The van der Waals surface area contributed by atoms with Gasteiger partial charge in [0.2, 0.25) is 0 Å². The van der Waals surface area contributed by atoms with Crippen LogP contribution in [-0.2, 0) is 6.54 Å². The van der Waals surface area contributed by atoms with Crippen LogP contribution in [0.25, 0.3) is 21.8 Å². The van der Waals surface area contributed by atoms with E-state index in [0.29, 0.717) is 5.11 Å². The number of aryl methyl sites for hydroxylation is 1. The smallest absolute Gasteiger partial charge is 0.175 e. The van der Waals surface area contributed by atoms with Crippen LogP contribution in [0.4, 0.5) is 22.7 Å². The molecule has 0 saturated heterocycles. The molecule has 0 radical (unpaired) electrons. The molecule has 1 atom stereocenters. The van der Waals surface area contributed by atoms with Crippen molar-refractivity contribution in [3.63, 3.8) is 0 Å². The molecular formula is C42H47N5S. The van der Waals surface area contributed by atoms with Crippen LogP contribution in [0.3, 0.4) is 0 Å². The number of hydrogen-bond donors (Lipinski definition) is 2. The first kappa shape index (κ1) is 33.1. The summed E-state index contributed by atoms with van der Waals surface area (Å²) in [6, 6.07) is 41.9. The summed E-state index contributed by atoms with van der Waals surface area (Å²) in [7, 11) is 0. The van der Waals surface area contributed by atoms with Crippen molar-refractivity contribution in [2.75, 3.05) is 46.6 Å². The molecule has 0 aliphatic rings. The first-order valence-electron chi connectivity index (χ1n) is 17.4. The van der Waals surface area contributed by atoms with E-state index in [-0.39, 0.29) is 5.92 Å². The maximum Gasteiger partial charge on any atom is 0.175 e. The maximum atomic E-state index is 5.92. The Balaban J connectivity index is 1.53. The molecule has 0 amide bonds. The number of para-hydroxylation sites is 2. The zero-order valence-corrected chi connectivity index (χ0v) is 29.6. The summed E-state index contributed by atoms with van der Waals surface area (Å²) in [5, 5.41) is 10.2. The van der Waals surface area contributed by atoms with Gasteiger partial charge < -0.3 is 25.0 Å². The molecule has 0 aliphatic carbocycles. The van der Waals surface area contributed by atoms with Gasteiger partial charge in [0.05, 0.1) is 0 Å². The van der Waals surface area contributed by atoms with Crippen LogP contribution in [0.2, 0.25) is 0 Å². The Hall–Kier alpha value is -4.81. The molecule has 1 heterocycles. The highest BCUT2D eigenvalue weighted by atomic mass is 32.1. The fraction of sp³-hybridized carbons (Fsp3) is 0.262. The predicted octanol–water partition coefficient (Wildman–Crippen LogP) is 10.5. The van der Waals surface area contributed by atoms with E-state index in [4.69, 9.17) is 12.2 Å². The van der Waals surface area contributed by atoms with E-state index in [0.717, 1.165) is 44.1 Å². The predicted molar refractivity (Wildman–Crippen MR) is 212 cm³/mol. The Morgan fingerprint density at radius 1 is 0.604 bits per heavy atom. The van der Waals surface area contributed by atoms with Gasteiger partial charge in [-0.2, -0.15) is 0 Å². The molecule has 246 valence electrons. The van der Waals surface area contributed by atoms with E-state index in [1.165, 1.54) is 49.9 Å². The van der Waals surface area contributed by atoms with E-state index in [2.05, 4.69) is 145 Å². The van der Waals surface area contributed by atoms with Gasteiger partial charge in [-0.25, -0.2) is 0 Å². The Morgan fingerprint density at radius 2 is 1.21 bits per heavy atom. The normalized spacial score (nSPS) is 11.9. The molecule has 6 aromatic rings. The minimum atomic E-state index is -0.0309. The van der Waals surface area contributed by atoms with E-state index < -0.39 is 0 Å². The van der Waals surface area contributed by atoms with Gasteiger partial charge in [-0.1, -0.05) is 60.7 Å². The van der Waals surface area contributed by atoms with E-state index in [1.54, 1.807) is 0 Å². The van der Waals surface area contributed by atoms with Gasteiger partial charge in [-0.05, 0) is 118 Å². The van der Waals surface area contributed by atoms with Gasteiger partial charge >= 0.3 is 0 Å². The Morgan fingerprint density at radius 3 is 1.90 bits per heavy atom. The second kappa shape index (κ2) is 15.0. The summed E-state index contributed by atoms with van der Waals surface area (Å²) in [5.74, 6) is -0.0309. The number of nitrogens with zero attached hydrogens (tertiary/aromatic N) is 3. The number of fused-ring (bicyclic) bond motifs is 3. The van der Waals surface area contributed by atoms with Crippen molar-refractivity contribution in [3.8, 4) is 0 Å². The van der Waals surface area contributed by atoms with E-state index in [1.807, 2.05) is 30.3 Å². The average Bonchev–Trinajstić information content (AvgIpc) is 3.44. The number of rotatable bonds is 12. The third kappa shape index (κ3) is 6.63. The molecule has 0 saturated carbocycles. The second-order valence-electron chi connectivity index (χ2n) is 12.1. The van der Waals surface area contributed by atoms with E-state index in [9.17, 15) is 0 Å². The number of benzene rings is 5. The number of hydrogen-bond acceptors (Lipinski definition) is 3. The fourth-order valence-corrected chi connectivity index (χ4v) is 7.33. The van der Waals surface area contributed by atoms with Crippen LogP contribution in [0, 0.1) is 0 Å². The minimum Gasteiger partial charge on any atom is -0.372 e. The molecular weight excluding hydrogens is 607 g/mol. The van der Waals surface area contributed by atoms with Crippen LogP contribution in [-0.4, -0.2) is 35.9 Å². The van der Waals surface area contributed by atoms with Gasteiger partial charge in [0.25, 0.3) is 0 Å². The Bertz CT molecular complexity index is 1990. The molecule has 5 aromatic carbocycles. The molecule has 6 rings (SSSR count). The number of thiocarbonyl (C=S) groups is 1. The largest absolute Gasteiger partial charge is 0.372 e. The SMILES string of the molecule is CCN(CC)c1ccc(C(c2ccc3c(c2)c2ccccc2n3CC)c2ccc(N(CC)CC)cc2NC(=S)Nc2ccccc2)cc1.